The molecule has 0 saturated heterocycles. The SMILES string of the molecule is Cc1ccccc1Cn1cc(S(=O)(=O)CC(=O)Nc2ccc3c(c2)OCO3)c2ccccc21. The van der Waals surface area contributed by atoms with E-state index in [0.29, 0.717) is 29.1 Å². The van der Waals surface area contributed by atoms with Crippen LogP contribution >= 0.6 is 0 Å². The van der Waals surface area contributed by atoms with Crippen molar-refractivity contribution in [2.45, 2.75) is 18.4 Å². The Balaban J connectivity index is 1.42. The highest BCUT2D eigenvalue weighted by molar-refractivity contribution is 7.92. The summed E-state index contributed by atoms with van der Waals surface area (Å²) in [6.45, 7) is 2.68. The first kappa shape index (κ1) is 21.1. The van der Waals surface area contributed by atoms with Crippen molar-refractivity contribution in [1.29, 1.82) is 0 Å². The Bertz CT molecular complexity index is 1470. The summed E-state index contributed by atoms with van der Waals surface area (Å²) in [7, 11) is -3.89. The fraction of sp³-hybridized carbons (Fsp3) is 0.160. The summed E-state index contributed by atoms with van der Waals surface area (Å²) >= 11 is 0. The highest BCUT2D eigenvalue weighted by atomic mass is 32.2. The molecule has 0 aliphatic carbocycles. The normalized spacial score (nSPS) is 12.8. The van der Waals surface area contributed by atoms with Crippen LogP contribution in [0.25, 0.3) is 10.9 Å². The number of anilines is 1. The molecule has 1 amide bonds. The van der Waals surface area contributed by atoms with Gasteiger partial charge in [0.1, 0.15) is 5.75 Å². The van der Waals surface area contributed by atoms with E-state index in [2.05, 4.69) is 5.32 Å². The monoisotopic (exact) mass is 462 g/mol. The first-order valence-corrected chi connectivity index (χ1v) is 12.1. The summed E-state index contributed by atoms with van der Waals surface area (Å²) < 4.78 is 39.0. The maximum Gasteiger partial charge on any atom is 0.239 e. The van der Waals surface area contributed by atoms with Crippen LogP contribution in [0.5, 0.6) is 11.5 Å². The van der Waals surface area contributed by atoms with Crippen molar-refractivity contribution in [2.75, 3.05) is 17.9 Å². The van der Waals surface area contributed by atoms with Crippen LogP contribution in [0.1, 0.15) is 11.1 Å². The molecule has 4 aromatic rings. The fourth-order valence-corrected chi connectivity index (χ4v) is 5.35. The smallest absolute Gasteiger partial charge is 0.239 e. The number of aromatic nitrogens is 1. The van der Waals surface area contributed by atoms with Crippen LogP contribution in [0.3, 0.4) is 0 Å². The molecule has 1 N–H and O–H groups in total. The highest BCUT2D eigenvalue weighted by Gasteiger charge is 2.25. The van der Waals surface area contributed by atoms with Gasteiger partial charge in [-0.15, -0.1) is 0 Å². The van der Waals surface area contributed by atoms with Gasteiger partial charge in [-0.1, -0.05) is 42.5 Å². The first-order chi connectivity index (χ1) is 15.9. The lowest BCUT2D eigenvalue weighted by Gasteiger charge is -2.08. The molecule has 2 heterocycles. The molecule has 0 radical (unpaired) electrons. The number of nitrogens with zero attached hydrogens (tertiary/aromatic N) is 1. The molecule has 3 aromatic carbocycles. The number of para-hydroxylation sites is 1. The fourth-order valence-electron chi connectivity index (χ4n) is 3.98. The number of hydrogen-bond donors (Lipinski definition) is 1. The van der Waals surface area contributed by atoms with Crippen LogP contribution in [-0.2, 0) is 21.2 Å². The van der Waals surface area contributed by atoms with Crippen LogP contribution in [0.2, 0.25) is 0 Å². The van der Waals surface area contributed by atoms with E-state index < -0.39 is 21.5 Å². The molecule has 1 aliphatic rings. The van der Waals surface area contributed by atoms with Gasteiger partial charge >= 0.3 is 0 Å². The zero-order chi connectivity index (χ0) is 23.0. The Hall–Kier alpha value is -3.78. The number of benzene rings is 3. The molecular formula is C25H22N2O5S. The standard InChI is InChI=1S/C25H22N2O5S/c1-17-6-2-3-7-18(17)13-27-14-24(20-8-4-5-9-21(20)27)33(29,30)15-25(28)26-19-10-11-22-23(12-19)32-16-31-22/h2-12,14H,13,15-16H2,1H3,(H,26,28). The molecule has 0 unspecified atom stereocenters. The van der Waals surface area contributed by atoms with Gasteiger partial charge in [0.05, 0.1) is 4.90 Å². The van der Waals surface area contributed by atoms with Crippen LogP contribution in [0, 0.1) is 6.92 Å². The van der Waals surface area contributed by atoms with E-state index in [0.717, 1.165) is 16.6 Å². The largest absolute Gasteiger partial charge is 0.454 e. The molecule has 5 rings (SSSR count). The van der Waals surface area contributed by atoms with Crippen LogP contribution in [0.4, 0.5) is 5.69 Å². The summed E-state index contributed by atoms with van der Waals surface area (Å²) in [6, 6.07) is 20.2. The Morgan fingerprint density at radius 3 is 2.61 bits per heavy atom. The van der Waals surface area contributed by atoms with Gasteiger partial charge in [0.2, 0.25) is 12.7 Å². The van der Waals surface area contributed by atoms with Crippen molar-refractivity contribution in [2.24, 2.45) is 0 Å². The summed E-state index contributed by atoms with van der Waals surface area (Å²) in [5, 5.41) is 3.24. The number of fused-ring (bicyclic) bond motifs is 2. The van der Waals surface area contributed by atoms with Crippen molar-refractivity contribution in [3.05, 3.63) is 84.1 Å². The van der Waals surface area contributed by atoms with Gasteiger partial charge in [-0.25, -0.2) is 8.42 Å². The van der Waals surface area contributed by atoms with E-state index in [1.165, 1.54) is 0 Å². The van der Waals surface area contributed by atoms with E-state index in [1.54, 1.807) is 36.5 Å². The van der Waals surface area contributed by atoms with Crippen molar-refractivity contribution >= 4 is 32.3 Å². The van der Waals surface area contributed by atoms with Crippen LogP contribution < -0.4 is 14.8 Å². The van der Waals surface area contributed by atoms with Gasteiger partial charge in [0.15, 0.2) is 21.3 Å². The second kappa shape index (κ2) is 8.29. The van der Waals surface area contributed by atoms with Crippen molar-refractivity contribution in [3.63, 3.8) is 0 Å². The minimum absolute atomic E-state index is 0.119. The summed E-state index contributed by atoms with van der Waals surface area (Å²) in [5.74, 6) is -0.193. The Labute approximate surface area is 191 Å². The Kier molecular flexibility index (Phi) is 5.30. The number of aryl methyl sites for hydroxylation is 1. The van der Waals surface area contributed by atoms with Gasteiger partial charge < -0.3 is 19.4 Å². The summed E-state index contributed by atoms with van der Waals surface area (Å²) in [4.78, 5) is 12.8. The predicted molar refractivity (Wildman–Crippen MR) is 125 cm³/mol. The predicted octanol–water partition coefficient (Wildman–Crippen LogP) is 4.14. The van der Waals surface area contributed by atoms with Crippen LogP contribution in [0.15, 0.2) is 77.8 Å². The topological polar surface area (TPSA) is 86.6 Å². The van der Waals surface area contributed by atoms with Gasteiger partial charge in [-0.3, -0.25) is 4.79 Å². The zero-order valence-electron chi connectivity index (χ0n) is 17.9. The number of carbonyl (C=O) groups is 1. The third-order valence-electron chi connectivity index (χ3n) is 5.67. The van der Waals surface area contributed by atoms with E-state index in [4.69, 9.17) is 9.47 Å². The Morgan fingerprint density at radius 2 is 1.76 bits per heavy atom. The highest BCUT2D eigenvalue weighted by Crippen LogP contribution is 2.34. The number of hydrogen-bond acceptors (Lipinski definition) is 5. The molecule has 0 saturated carbocycles. The number of amides is 1. The van der Waals surface area contributed by atoms with Crippen molar-refractivity contribution < 1.29 is 22.7 Å². The molecule has 1 aromatic heterocycles. The average Bonchev–Trinajstić information content (AvgIpc) is 3.40. The minimum atomic E-state index is -3.89. The molecule has 33 heavy (non-hydrogen) atoms. The van der Waals surface area contributed by atoms with Gasteiger partial charge in [-0.05, 0) is 36.2 Å². The average molecular weight is 463 g/mol. The van der Waals surface area contributed by atoms with Gasteiger partial charge in [-0.2, -0.15) is 0 Å². The summed E-state index contributed by atoms with van der Waals surface area (Å²) in [6.07, 6.45) is 1.63. The number of ether oxygens (including phenoxy) is 2. The van der Waals surface area contributed by atoms with E-state index in [-0.39, 0.29) is 11.7 Å². The quantitative estimate of drug-likeness (QED) is 0.465. The second-order valence-corrected chi connectivity index (χ2v) is 9.90. The Morgan fingerprint density at radius 1 is 1.00 bits per heavy atom. The molecular weight excluding hydrogens is 440 g/mol. The molecule has 8 heteroatoms. The number of carbonyl (C=O) groups excluding carboxylic acids is 1. The van der Waals surface area contributed by atoms with E-state index in [1.807, 2.05) is 47.9 Å². The minimum Gasteiger partial charge on any atom is -0.454 e. The maximum atomic E-state index is 13.2. The van der Waals surface area contributed by atoms with E-state index in [9.17, 15) is 13.2 Å². The van der Waals surface area contributed by atoms with E-state index >= 15 is 0 Å². The third kappa shape index (κ3) is 4.17. The second-order valence-electron chi connectivity index (χ2n) is 7.94. The molecule has 7 nitrogen and oxygen atoms in total. The molecule has 0 fully saturated rings. The lowest BCUT2D eigenvalue weighted by molar-refractivity contribution is -0.113. The number of sulfone groups is 1. The first-order valence-electron chi connectivity index (χ1n) is 10.5. The molecule has 0 bridgehead atoms. The third-order valence-corrected chi connectivity index (χ3v) is 7.30. The molecule has 168 valence electrons. The maximum absolute atomic E-state index is 13.2. The molecule has 0 spiro atoms. The number of rotatable bonds is 6. The zero-order valence-corrected chi connectivity index (χ0v) is 18.8. The van der Waals surface area contributed by atoms with Gasteiger partial charge in [0, 0.05) is 35.4 Å². The van der Waals surface area contributed by atoms with Crippen LogP contribution in [-0.4, -0.2) is 31.4 Å². The lowest BCUT2D eigenvalue weighted by Crippen LogP contribution is -2.23. The van der Waals surface area contributed by atoms with Crippen molar-refractivity contribution in [3.8, 4) is 11.5 Å². The van der Waals surface area contributed by atoms with Crippen molar-refractivity contribution in [1.82, 2.24) is 4.57 Å². The molecule has 1 aliphatic heterocycles. The van der Waals surface area contributed by atoms with Gasteiger partial charge in [0.25, 0.3) is 0 Å². The lowest BCUT2D eigenvalue weighted by atomic mass is 10.1. The number of nitrogens with one attached hydrogen (secondary N) is 1. The summed E-state index contributed by atoms with van der Waals surface area (Å²) in [5.41, 5.74) is 3.47. The molecule has 0 atom stereocenters.